The summed E-state index contributed by atoms with van der Waals surface area (Å²) in [4.78, 5) is 30.8. The molecule has 0 spiro atoms. The number of piperidine rings is 1. The number of rotatable bonds is 4. The van der Waals surface area contributed by atoms with Crippen molar-refractivity contribution in [1.29, 1.82) is 0 Å². The Morgan fingerprint density at radius 3 is 2.83 bits per heavy atom. The largest absolute Gasteiger partial charge is 0.490 e. The molecule has 0 radical (unpaired) electrons. The van der Waals surface area contributed by atoms with Crippen LogP contribution in [0.25, 0.3) is 10.9 Å². The lowest BCUT2D eigenvalue weighted by Crippen LogP contribution is -2.44. The summed E-state index contributed by atoms with van der Waals surface area (Å²) in [6, 6.07) is 12.8. The minimum atomic E-state index is -0.239. The van der Waals surface area contributed by atoms with Crippen molar-refractivity contribution >= 4 is 28.6 Å². The van der Waals surface area contributed by atoms with Gasteiger partial charge in [0.2, 0.25) is 0 Å². The molecule has 154 valence electrons. The predicted octanol–water partition coefficient (Wildman–Crippen LogP) is 3.46. The van der Waals surface area contributed by atoms with Gasteiger partial charge in [-0.15, -0.1) is 0 Å². The number of amides is 1. The molecule has 0 aliphatic carbocycles. The number of carbonyl (C=O) groups excluding carboxylic acids is 1. The SMILES string of the molecule is O=C1OC[C@@H]2C[C@@H](Oc3ccc4ncn(Cc5ccc(Cl)cc5)c(=O)c4c3)CCN12. The number of fused-ring (bicyclic) bond motifs is 2. The molecule has 3 heterocycles. The van der Waals surface area contributed by atoms with E-state index in [9.17, 15) is 9.59 Å². The van der Waals surface area contributed by atoms with E-state index in [1.807, 2.05) is 18.2 Å². The van der Waals surface area contributed by atoms with Crippen molar-refractivity contribution in [1.82, 2.24) is 14.5 Å². The van der Waals surface area contributed by atoms with Crippen molar-refractivity contribution in [2.45, 2.75) is 31.5 Å². The minimum absolute atomic E-state index is 0.0221. The second kappa shape index (κ2) is 7.65. The van der Waals surface area contributed by atoms with Crippen LogP contribution in [0.15, 0.2) is 53.6 Å². The molecular weight excluding hydrogens is 406 g/mol. The van der Waals surface area contributed by atoms with Crippen LogP contribution in [0.1, 0.15) is 18.4 Å². The summed E-state index contributed by atoms with van der Waals surface area (Å²) < 4.78 is 12.8. The first kappa shape index (κ1) is 18.9. The molecule has 1 aromatic heterocycles. The first-order valence-electron chi connectivity index (χ1n) is 9.90. The number of hydrogen-bond donors (Lipinski definition) is 0. The number of ether oxygens (including phenoxy) is 2. The molecule has 2 aromatic carbocycles. The third kappa shape index (κ3) is 3.61. The molecule has 30 heavy (non-hydrogen) atoms. The summed E-state index contributed by atoms with van der Waals surface area (Å²) in [7, 11) is 0. The van der Waals surface area contributed by atoms with E-state index in [1.54, 1.807) is 40.1 Å². The van der Waals surface area contributed by atoms with Crippen LogP contribution >= 0.6 is 11.6 Å². The first-order chi connectivity index (χ1) is 14.6. The number of aromatic nitrogens is 2. The van der Waals surface area contributed by atoms with Crippen LogP contribution in [0.3, 0.4) is 0 Å². The highest BCUT2D eigenvalue weighted by Crippen LogP contribution is 2.27. The van der Waals surface area contributed by atoms with Gasteiger partial charge in [-0.2, -0.15) is 0 Å². The molecule has 8 heteroatoms. The maximum atomic E-state index is 13.0. The molecule has 1 amide bonds. The monoisotopic (exact) mass is 425 g/mol. The number of hydrogen-bond acceptors (Lipinski definition) is 5. The molecule has 2 fully saturated rings. The fraction of sp³-hybridized carbons (Fsp3) is 0.318. The van der Waals surface area contributed by atoms with Crippen molar-refractivity contribution in [3.63, 3.8) is 0 Å². The predicted molar refractivity (Wildman–Crippen MR) is 112 cm³/mol. The topological polar surface area (TPSA) is 73.7 Å². The van der Waals surface area contributed by atoms with Crippen molar-refractivity contribution in [3.8, 4) is 5.75 Å². The van der Waals surface area contributed by atoms with Crippen LogP contribution in [0.4, 0.5) is 4.79 Å². The lowest BCUT2D eigenvalue weighted by Gasteiger charge is -2.32. The number of carbonyl (C=O) groups is 1. The van der Waals surface area contributed by atoms with Gasteiger partial charge in [0.05, 0.1) is 29.8 Å². The minimum Gasteiger partial charge on any atom is -0.490 e. The van der Waals surface area contributed by atoms with E-state index < -0.39 is 0 Å². The van der Waals surface area contributed by atoms with Gasteiger partial charge < -0.3 is 14.4 Å². The first-order valence-corrected chi connectivity index (χ1v) is 10.3. The zero-order valence-corrected chi connectivity index (χ0v) is 16.9. The molecule has 3 aromatic rings. The Morgan fingerprint density at radius 1 is 1.17 bits per heavy atom. The Morgan fingerprint density at radius 2 is 2.00 bits per heavy atom. The standard InChI is InChI=1S/C22H20ClN3O4/c23-15-3-1-14(2-4-15)11-25-13-24-20-6-5-17(10-19(20)21(25)27)30-18-7-8-26-16(9-18)12-29-22(26)28/h1-6,10,13,16,18H,7-9,11-12H2/t16-,18-/m0/s1. The summed E-state index contributed by atoms with van der Waals surface area (Å²) in [5.74, 6) is 0.634. The average molecular weight is 426 g/mol. The van der Waals surface area contributed by atoms with E-state index in [1.165, 1.54) is 0 Å². The summed E-state index contributed by atoms with van der Waals surface area (Å²) in [6.45, 7) is 1.45. The average Bonchev–Trinajstić information content (AvgIpc) is 3.12. The third-order valence-corrected chi connectivity index (χ3v) is 5.92. The summed E-state index contributed by atoms with van der Waals surface area (Å²) in [5, 5.41) is 1.17. The van der Waals surface area contributed by atoms with E-state index in [4.69, 9.17) is 21.1 Å². The highest BCUT2D eigenvalue weighted by Gasteiger charge is 2.38. The third-order valence-electron chi connectivity index (χ3n) is 5.67. The van der Waals surface area contributed by atoms with Crippen molar-refractivity contribution in [2.75, 3.05) is 13.2 Å². The zero-order chi connectivity index (χ0) is 20.7. The summed E-state index contributed by atoms with van der Waals surface area (Å²) in [5.41, 5.74) is 1.48. The molecule has 0 N–H and O–H groups in total. The number of nitrogens with zero attached hydrogens (tertiary/aromatic N) is 3. The lowest BCUT2D eigenvalue weighted by molar-refractivity contribution is 0.0937. The zero-order valence-electron chi connectivity index (χ0n) is 16.2. The van der Waals surface area contributed by atoms with Gasteiger partial charge in [-0.1, -0.05) is 23.7 Å². The van der Waals surface area contributed by atoms with Gasteiger partial charge in [-0.05, 0) is 35.9 Å². The molecule has 0 saturated carbocycles. The van der Waals surface area contributed by atoms with Crippen LogP contribution in [-0.2, 0) is 11.3 Å². The molecule has 2 atom stereocenters. The highest BCUT2D eigenvalue weighted by atomic mass is 35.5. The van der Waals surface area contributed by atoms with E-state index in [0.717, 1.165) is 18.4 Å². The van der Waals surface area contributed by atoms with Gasteiger partial charge in [0.15, 0.2) is 0 Å². The number of halogens is 1. The van der Waals surface area contributed by atoms with Crippen LogP contribution in [-0.4, -0.2) is 45.8 Å². The quantitative estimate of drug-likeness (QED) is 0.640. The Labute approximate surface area is 177 Å². The molecule has 2 saturated heterocycles. The molecular formula is C22H20ClN3O4. The molecule has 7 nitrogen and oxygen atoms in total. The van der Waals surface area contributed by atoms with E-state index in [0.29, 0.717) is 41.4 Å². The highest BCUT2D eigenvalue weighted by molar-refractivity contribution is 6.30. The van der Waals surface area contributed by atoms with Gasteiger partial charge in [0.1, 0.15) is 18.5 Å². The van der Waals surface area contributed by atoms with Crippen molar-refractivity contribution < 1.29 is 14.3 Å². The second-order valence-corrected chi connectivity index (χ2v) is 8.11. The molecule has 0 unspecified atom stereocenters. The summed E-state index contributed by atoms with van der Waals surface area (Å²) in [6.07, 6.45) is 2.75. The van der Waals surface area contributed by atoms with Gasteiger partial charge in [0.25, 0.3) is 5.56 Å². The molecule has 2 aliphatic rings. The maximum Gasteiger partial charge on any atom is 0.410 e. The van der Waals surface area contributed by atoms with Gasteiger partial charge in [-0.25, -0.2) is 9.78 Å². The van der Waals surface area contributed by atoms with Gasteiger partial charge in [0, 0.05) is 24.4 Å². The van der Waals surface area contributed by atoms with E-state index in [2.05, 4.69) is 4.98 Å². The Hall–Kier alpha value is -3.06. The van der Waals surface area contributed by atoms with Crippen molar-refractivity contribution in [2.24, 2.45) is 0 Å². The van der Waals surface area contributed by atoms with Gasteiger partial charge >= 0.3 is 6.09 Å². The van der Waals surface area contributed by atoms with E-state index >= 15 is 0 Å². The van der Waals surface area contributed by atoms with Crippen molar-refractivity contribution in [3.05, 3.63) is 69.7 Å². The van der Waals surface area contributed by atoms with Crippen LogP contribution in [0, 0.1) is 0 Å². The number of cyclic esters (lactones) is 1. The van der Waals surface area contributed by atoms with Crippen LogP contribution < -0.4 is 10.3 Å². The molecule has 2 aliphatic heterocycles. The Balaban J connectivity index is 1.37. The van der Waals surface area contributed by atoms with E-state index in [-0.39, 0.29) is 23.8 Å². The maximum absolute atomic E-state index is 13.0. The normalized spacial score (nSPS) is 20.8. The van der Waals surface area contributed by atoms with Gasteiger partial charge in [-0.3, -0.25) is 9.36 Å². The molecule has 5 rings (SSSR count). The Bertz CT molecular complexity index is 1160. The molecule has 0 bridgehead atoms. The summed E-state index contributed by atoms with van der Waals surface area (Å²) >= 11 is 5.94. The fourth-order valence-corrected chi connectivity index (χ4v) is 4.20. The lowest BCUT2D eigenvalue weighted by atomic mass is 10.0. The van der Waals surface area contributed by atoms with Crippen LogP contribution in [0.2, 0.25) is 5.02 Å². The Kier molecular flexibility index (Phi) is 4.83. The fourth-order valence-electron chi connectivity index (χ4n) is 4.07. The smallest absolute Gasteiger partial charge is 0.410 e. The number of benzene rings is 2. The van der Waals surface area contributed by atoms with Crippen LogP contribution in [0.5, 0.6) is 5.75 Å². The second-order valence-electron chi connectivity index (χ2n) is 7.67.